The van der Waals surface area contributed by atoms with E-state index in [0.717, 1.165) is 0 Å². The second-order valence-corrected chi connectivity index (χ2v) is 7.43. The number of sulfonamides is 1. The highest BCUT2D eigenvalue weighted by molar-refractivity contribution is 7.93. The molecule has 11 heteroatoms. The van der Waals surface area contributed by atoms with Crippen molar-refractivity contribution >= 4 is 27.8 Å². The molecule has 2 N–H and O–H groups in total. The van der Waals surface area contributed by atoms with Crippen LogP contribution in [0.3, 0.4) is 0 Å². The largest absolute Gasteiger partial charge is 0.480 e. The van der Waals surface area contributed by atoms with E-state index in [0.29, 0.717) is 19.4 Å². The molecule has 130 valence electrons. The van der Waals surface area contributed by atoms with E-state index in [4.69, 9.17) is 0 Å². The average molecular weight is 363 g/mol. The van der Waals surface area contributed by atoms with Crippen LogP contribution in [0, 0.1) is 0 Å². The number of hydrogen-bond acceptors (Lipinski definition) is 6. The van der Waals surface area contributed by atoms with Gasteiger partial charge >= 0.3 is 5.97 Å². The zero-order chi connectivity index (χ0) is 17.8. The maximum atomic E-state index is 12.7. The Morgan fingerprint density at radius 1 is 1.32 bits per heavy atom. The number of aromatic nitrogens is 3. The van der Waals surface area contributed by atoms with Gasteiger partial charge in [0.2, 0.25) is 5.95 Å². The highest BCUT2D eigenvalue weighted by Gasteiger charge is 2.36. The first-order valence-corrected chi connectivity index (χ1v) is 8.98. The molecule has 3 heterocycles. The Labute approximate surface area is 142 Å². The van der Waals surface area contributed by atoms with Gasteiger partial charge in [0.05, 0.1) is 5.69 Å². The van der Waals surface area contributed by atoms with Crippen LogP contribution < -0.4 is 4.72 Å². The summed E-state index contributed by atoms with van der Waals surface area (Å²) in [6.45, 7) is 0.325. The fourth-order valence-electron chi connectivity index (χ4n) is 3.13. The molecule has 0 saturated carbocycles. The smallest absolute Gasteiger partial charge is 0.326 e. The van der Waals surface area contributed by atoms with Crippen LogP contribution >= 0.6 is 0 Å². The molecule has 2 aliphatic heterocycles. The summed E-state index contributed by atoms with van der Waals surface area (Å²) in [7, 11) is -3.90. The van der Waals surface area contributed by atoms with Crippen molar-refractivity contribution in [2.45, 2.75) is 23.8 Å². The summed E-state index contributed by atoms with van der Waals surface area (Å²) in [6, 6.07) is 3.28. The van der Waals surface area contributed by atoms with Crippen molar-refractivity contribution < 1.29 is 23.1 Å². The molecule has 4 rings (SSSR count). The zero-order valence-electron chi connectivity index (χ0n) is 12.8. The van der Waals surface area contributed by atoms with Gasteiger partial charge in [-0.2, -0.15) is 14.8 Å². The van der Waals surface area contributed by atoms with Gasteiger partial charge in [-0.05, 0) is 31.0 Å². The van der Waals surface area contributed by atoms with Crippen molar-refractivity contribution in [1.82, 2.24) is 19.7 Å². The number of rotatable bonds is 2. The number of amides is 1. The Hall–Kier alpha value is -2.95. The van der Waals surface area contributed by atoms with Gasteiger partial charge in [-0.15, -0.1) is 0 Å². The van der Waals surface area contributed by atoms with E-state index in [2.05, 4.69) is 14.8 Å². The van der Waals surface area contributed by atoms with E-state index in [1.807, 2.05) is 0 Å². The first-order chi connectivity index (χ1) is 11.9. The molecule has 1 saturated heterocycles. The number of anilines is 1. The predicted molar refractivity (Wildman–Crippen MR) is 83.9 cm³/mol. The van der Waals surface area contributed by atoms with Crippen LogP contribution in [0.2, 0.25) is 0 Å². The van der Waals surface area contributed by atoms with Crippen LogP contribution in [0.5, 0.6) is 0 Å². The molecule has 0 spiro atoms. The number of hydrogen-bond donors (Lipinski definition) is 2. The van der Waals surface area contributed by atoms with E-state index < -0.39 is 27.9 Å². The number of benzene rings is 1. The molecule has 1 aromatic carbocycles. The number of carbonyl (C=O) groups excluding carboxylic acids is 1. The molecule has 1 fully saturated rings. The monoisotopic (exact) mass is 363 g/mol. The van der Waals surface area contributed by atoms with Gasteiger partial charge in [-0.1, -0.05) is 0 Å². The Morgan fingerprint density at radius 2 is 2.12 bits per heavy atom. The minimum absolute atomic E-state index is 0.0667. The second kappa shape index (κ2) is 5.28. The quantitative estimate of drug-likeness (QED) is 0.771. The summed E-state index contributed by atoms with van der Waals surface area (Å²) < 4.78 is 28.4. The molecular weight excluding hydrogens is 350 g/mol. The lowest BCUT2D eigenvalue weighted by Crippen LogP contribution is -2.40. The Kier molecular flexibility index (Phi) is 3.29. The van der Waals surface area contributed by atoms with E-state index in [-0.39, 0.29) is 22.1 Å². The molecule has 0 bridgehead atoms. The molecule has 10 nitrogen and oxygen atoms in total. The standard InChI is InChI=1S/C14H13N5O5S/c20-12(18-5-1-2-10(18)13(21)22)8-3-4-9-11(6-8)25(23,24)17-14-15-7-16-19(9)14/h3-4,6-7,10H,1-2,5H2,(H,21,22)(H,15,16,17)/t10-/m1/s1. The summed E-state index contributed by atoms with van der Waals surface area (Å²) in [5.74, 6) is -1.50. The summed E-state index contributed by atoms with van der Waals surface area (Å²) in [6.07, 6.45) is 2.19. The molecule has 1 aromatic heterocycles. The molecule has 0 aliphatic carbocycles. The molecule has 0 unspecified atom stereocenters. The van der Waals surface area contributed by atoms with Crippen molar-refractivity contribution in [1.29, 1.82) is 0 Å². The lowest BCUT2D eigenvalue weighted by molar-refractivity contribution is -0.141. The van der Waals surface area contributed by atoms with Crippen LogP contribution in [0.4, 0.5) is 5.95 Å². The Balaban J connectivity index is 1.77. The molecule has 0 radical (unpaired) electrons. The van der Waals surface area contributed by atoms with Crippen molar-refractivity contribution in [2.75, 3.05) is 11.3 Å². The van der Waals surface area contributed by atoms with Crippen molar-refractivity contribution in [3.8, 4) is 5.69 Å². The molecule has 1 atom stereocenters. The van der Waals surface area contributed by atoms with Crippen LogP contribution in [0.1, 0.15) is 23.2 Å². The predicted octanol–water partition coefficient (Wildman–Crippen LogP) is 0.0707. The average Bonchev–Trinajstić information content (AvgIpc) is 3.22. The third kappa shape index (κ3) is 2.35. The summed E-state index contributed by atoms with van der Waals surface area (Å²) in [5, 5.41) is 13.2. The van der Waals surface area contributed by atoms with Crippen molar-refractivity contribution in [2.24, 2.45) is 0 Å². The van der Waals surface area contributed by atoms with Gasteiger partial charge in [0.25, 0.3) is 15.9 Å². The number of aliphatic carboxylic acids is 1. The van der Waals surface area contributed by atoms with Crippen molar-refractivity contribution in [3.63, 3.8) is 0 Å². The van der Waals surface area contributed by atoms with Crippen LogP contribution in [0.25, 0.3) is 5.69 Å². The highest BCUT2D eigenvalue weighted by Crippen LogP contribution is 2.30. The van der Waals surface area contributed by atoms with E-state index in [1.54, 1.807) is 0 Å². The SMILES string of the molecule is O=C(O)[C@H]1CCCN1C(=O)c1ccc2c(c1)S(=O)(=O)Nc1ncnn1-2. The summed E-state index contributed by atoms with van der Waals surface area (Å²) >= 11 is 0. The van der Waals surface area contributed by atoms with E-state index in [9.17, 15) is 23.1 Å². The Bertz CT molecular complexity index is 999. The van der Waals surface area contributed by atoms with Gasteiger partial charge in [0.15, 0.2) is 0 Å². The minimum Gasteiger partial charge on any atom is -0.480 e. The number of likely N-dealkylation sites (tertiary alicyclic amines) is 1. The molecule has 2 aromatic rings. The third-order valence-electron chi connectivity index (χ3n) is 4.30. The normalized spacial score (nSPS) is 20.5. The lowest BCUT2D eigenvalue weighted by atomic mass is 10.1. The minimum atomic E-state index is -3.90. The number of carboxylic acid groups (broad SMARTS) is 1. The summed E-state index contributed by atoms with van der Waals surface area (Å²) in [4.78, 5) is 28.9. The topological polar surface area (TPSA) is 134 Å². The number of nitrogens with one attached hydrogen (secondary N) is 1. The fraction of sp³-hybridized carbons (Fsp3) is 0.286. The number of nitrogens with zero attached hydrogens (tertiary/aromatic N) is 4. The van der Waals surface area contributed by atoms with Crippen LogP contribution in [0.15, 0.2) is 29.4 Å². The molecular formula is C14H13N5O5S. The third-order valence-corrected chi connectivity index (χ3v) is 5.65. The van der Waals surface area contributed by atoms with Crippen molar-refractivity contribution in [3.05, 3.63) is 30.1 Å². The fourth-order valence-corrected chi connectivity index (χ4v) is 4.33. The van der Waals surface area contributed by atoms with E-state index in [1.165, 1.54) is 34.1 Å². The highest BCUT2D eigenvalue weighted by atomic mass is 32.2. The zero-order valence-corrected chi connectivity index (χ0v) is 13.6. The van der Waals surface area contributed by atoms with Gasteiger partial charge < -0.3 is 10.0 Å². The van der Waals surface area contributed by atoms with Gasteiger partial charge in [0, 0.05) is 12.1 Å². The first kappa shape index (κ1) is 15.6. The number of fused-ring (bicyclic) bond motifs is 3. The van der Waals surface area contributed by atoms with Crippen LogP contribution in [-0.4, -0.2) is 57.7 Å². The molecule has 25 heavy (non-hydrogen) atoms. The lowest BCUT2D eigenvalue weighted by Gasteiger charge is -2.23. The Morgan fingerprint density at radius 3 is 2.88 bits per heavy atom. The second-order valence-electron chi connectivity index (χ2n) is 5.78. The molecule has 1 amide bonds. The maximum Gasteiger partial charge on any atom is 0.326 e. The van der Waals surface area contributed by atoms with E-state index >= 15 is 0 Å². The first-order valence-electron chi connectivity index (χ1n) is 7.49. The maximum absolute atomic E-state index is 12.7. The number of carbonyl (C=O) groups is 2. The van der Waals surface area contributed by atoms with Gasteiger partial charge in [0.1, 0.15) is 17.3 Å². The number of carboxylic acids is 1. The van der Waals surface area contributed by atoms with Crippen LogP contribution in [-0.2, 0) is 14.8 Å². The molecule has 2 aliphatic rings. The summed E-state index contributed by atoms with van der Waals surface area (Å²) in [5.41, 5.74) is 0.389. The van der Waals surface area contributed by atoms with Gasteiger partial charge in [-0.3, -0.25) is 4.79 Å². The van der Waals surface area contributed by atoms with Gasteiger partial charge in [-0.25, -0.2) is 17.9 Å².